The van der Waals surface area contributed by atoms with Gasteiger partial charge in [-0.2, -0.15) is 0 Å². The molecule has 1 aromatic heterocycles. The second kappa shape index (κ2) is 9.02. The molecule has 2 aliphatic carbocycles. The van der Waals surface area contributed by atoms with Crippen molar-refractivity contribution in [1.82, 2.24) is 4.98 Å². The molecule has 2 aliphatic rings. The summed E-state index contributed by atoms with van der Waals surface area (Å²) in [5.74, 6) is -1.64. The highest BCUT2D eigenvalue weighted by Crippen LogP contribution is 2.40. The molecular formula is C22H24ClFN2O3S. The van der Waals surface area contributed by atoms with Gasteiger partial charge in [0.15, 0.2) is 5.13 Å². The van der Waals surface area contributed by atoms with Crippen molar-refractivity contribution < 1.29 is 19.1 Å². The van der Waals surface area contributed by atoms with E-state index in [-0.39, 0.29) is 18.4 Å². The standard InChI is InChI=1S/C22H24ClFN2O3S/c23-18-8-5-15(24)11-17(18)19-12-30-22(25-19)26(16-6-7-16)21(29)14(10-20(27)28)9-13-3-1-2-4-13/h5,8,11-14,16H,1-4,6-7,9-10H2,(H,27,28)/t14-/m1/s1. The zero-order valence-corrected chi connectivity index (χ0v) is 18.1. The fourth-order valence-electron chi connectivity index (χ4n) is 4.28. The minimum atomic E-state index is -0.950. The quantitative estimate of drug-likeness (QED) is 0.554. The van der Waals surface area contributed by atoms with Crippen LogP contribution >= 0.6 is 22.9 Å². The van der Waals surface area contributed by atoms with Crippen LogP contribution in [0.4, 0.5) is 9.52 Å². The van der Waals surface area contributed by atoms with Gasteiger partial charge in [0.2, 0.25) is 5.91 Å². The smallest absolute Gasteiger partial charge is 0.304 e. The molecular weight excluding hydrogens is 427 g/mol. The Labute approximate surface area is 183 Å². The first kappa shape index (κ1) is 21.2. The van der Waals surface area contributed by atoms with Crippen molar-refractivity contribution in [3.8, 4) is 11.3 Å². The molecule has 2 saturated carbocycles. The summed E-state index contributed by atoms with van der Waals surface area (Å²) in [7, 11) is 0. The van der Waals surface area contributed by atoms with E-state index in [1.807, 2.05) is 0 Å². The van der Waals surface area contributed by atoms with Crippen molar-refractivity contribution >= 4 is 39.9 Å². The number of carboxylic acid groups (broad SMARTS) is 1. The molecule has 5 nitrogen and oxygen atoms in total. The van der Waals surface area contributed by atoms with Crippen LogP contribution in [0.1, 0.15) is 51.4 Å². The van der Waals surface area contributed by atoms with Gasteiger partial charge in [-0.05, 0) is 43.4 Å². The molecule has 1 N–H and O–H groups in total. The molecule has 160 valence electrons. The second-order valence-electron chi connectivity index (χ2n) is 8.26. The van der Waals surface area contributed by atoms with Crippen LogP contribution in [0.5, 0.6) is 0 Å². The number of amides is 1. The lowest BCUT2D eigenvalue weighted by atomic mass is 9.90. The van der Waals surface area contributed by atoms with Crippen LogP contribution in [0, 0.1) is 17.7 Å². The number of carboxylic acids is 1. The third-order valence-corrected chi connectivity index (χ3v) is 7.08. The van der Waals surface area contributed by atoms with Gasteiger partial charge in [-0.15, -0.1) is 11.3 Å². The average molecular weight is 451 g/mol. The Hall–Kier alpha value is -1.99. The monoisotopic (exact) mass is 450 g/mol. The average Bonchev–Trinajstić information content (AvgIpc) is 3.18. The fraction of sp³-hybridized carbons (Fsp3) is 0.500. The van der Waals surface area contributed by atoms with Crippen molar-refractivity contribution in [2.24, 2.45) is 11.8 Å². The molecule has 0 saturated heterocycles. The molecule has 1 heterocycles. The summed E-state index contributed by atoms with van der Waals surface area (Å²) in [6.45, 7) is 0. The Morgan fingerprint density at radius 1 is 1.27 bits per heavy atom. The Morgan fingerprint density at radius 2 is 2.00 bits per heavy atom. The highest BCUT2D eigenvalue weighted by molar-refractivity contribution is 7.14. The first-order chi connectivity index (χ1) is 14.4. The zero-order valence-electron chi connectivity index (χ0n) is 16.5. The van der Waals surface area contributed by atoms with Crippen molar-refractivity contribution in [1.29, 1.82) is 0 Å². The third kappa shape index (κ3) is 4.83. The van der Waals surface area contributed by atoms with E-state index in [0.29, 0.717) is 33.8 Å². The molecule has 1 atom stereocenters. The molecule has 8 heteroatoms. The number of nitrogens with zero attached hydrogens (tertiary/aromatic N) is 2. The minimum absolute atomic E-state index is 0.0550. The number of hydrogen-bond acceptors (Lipinski definition) is 4. The van der Waals surface area contributed by atoms with Crippen LogP contribution in [0.3, 0.4) is 0 Å². The first-order valence-corrected chi connectivity index (χ1v) is 11.6. The number of halogens is 2. The first-order valence-electron chi connectivity index (χ1n) is 10.4. The van der Waals surface area contributed by atoms with Gasteiger partial charge in [0.05, 0.1) is 17.1 Å². The highest BCUT2D eigenvalue weighted by Gasteiger charge is 2.40. The predicted molar refractivity (Wildman–Crippen MR) is 115 cm³/mol. The van der Waals surface area contributed by atoms with Crippen molar-refractivity contribution in [2.75, 3.05) is 4.90 Å². The van der Waals surface area contributed by atoms with Gasteiger partial charge in [-0.25, -0.2) is 9.37 Å². The molecule has 1 amide bonds. The maximum atomic E-state index is 13.7. The summed E-state index contributed by atoms with van der Waals surface area (Å²) < 4.78 is 13.7. The van der Waals surface area contributed by atoms with E-state index in [9.17, 15) is 19.1 Å². The van der Waals surface area contributed by atoms with E-state index >= 15 is 0 Å². The van der Waals surface area contributed by atoms with E-state index < -0.39 is 17.7 Å². The van der Waals surface area contributed by atoms with Crippen molar-refractivity contribution in [3.05, 3.63) is 34.4 Å². The van der Waals surface area contributed by atoms with E-state index in [1.54, 1.807) is 10.3 Å². The molecule has 2 fully saturated rings. The number of benzene rings is 1. The van der Waals surface area contributed by atoms with Gasteiger partial charge in [0, 0.05) is 22.9 Å². The lowest BCUT2D eigenvalue weighted by Crippen LogP contribution is -2.39. The Bertz CT molecular complexity index is 940. The number of aromatic nitrogens is 1. The van der Waals surface area contributed by atoms with Gasteiger partial charge >= 0.3 is 5.97 Å². The largest absolute Gasteiger partial charge is 0.481 e. The van der Waals surface area contributed by atoms with E-state index in [4.69, 9.17) is 11.6 Å². The number of anilines is 1. The Morgan fingerprint density at radius 3 is 2.67 bits per heavy atom. The summed E-state index contributed by atoms with van der Waals surface area (Å²) in [5.41, 5.74) is 0.999. The summed E-state index contributed by atoms with van der Waals surface area (Å²) in [6, 6.07) is 4.16. The summed E-state index contributed by atoms with van der Waals surface area (Å²) >= 11 is 7.52. The second-order valence-corrected chi connectivity index (χ2v) is 9.50. The molecule has 4 rings (SSSR count). The van der Waals surface area contributed by atoms with E-state index in [2.05, 4.69) is 4.98 Å². The lowest BCUT2D eigenvalue weighted by molar-refractivity contribution is -0.141. The molecule has 0 radical (unpaired) electrons. The molecule has 1 aromatic carbocycles. The SMILES string of the molecule is O=C(O)C[C@@H](CC1CCCC1)C(=O)N(c1nc(-c2cc(F)ccc2Cl)cs1)C1CC1. The fourth-order valence-corrected chi connectivity index (χ4v) is 5.40. The third-order valence-electron chi connectivity index (χ3n) is 5.91. The maximum Gasteiger partial charge on any atom is 0.304 e. The Kier molecular flexibility index (Phi) is 6.39. The van der Waals surface area contributed by atoms with Gasteiger partial charge in [-0.3, -0.25) is 14.5 Å². The van der Waals surface area contributed by atoms with Crippen molar-refractivity contribution in [2.45, 2.75) is 57.4 Å². The topological polar surface area (TPSA) is 70.5 Å². The van der Waals surface area contributed by atoms with Gasteiger partial charge in [0.25, 0.3) is 0 Å². The molecule has 0 unspecified atom stereocenters. The number of aliphatic carboxylic acids is 1. The zero-order chi connectivity index (χ0) is 21.3. The number of carbonyl (C=O) groups is 2. The van der Waals surface area contributed by atoms with E-state index in [1.165, 1.54) is 29.5 Å². The number of thiazole rings is 1. The summed E-state index contributed by atoms with van der Waals surface area (Å²) in [5, 5.41) is 12.1. The van der Waals surface area contributed by atoms with Crippen LogP contribution in [-0.2, 0) is 9.59 Å². The normalized spacial score (nSPS) is 17.8. The molecule has 2 aromatic rings. The lowest BCUT2D eigenvalue weighted by Gasteiger charge is -2.26. The number of rotatable bonds is 8. The molecule has 0 aliphatic heterocycles. The molecule has 0 bridgehead atoms. The predicted octanol–water partition coefficient (Wildman–Crippen LogP) is 5.77. The highest BCUT2D eigenvalue weighted by atomic mass is 35.5. The number of carbonyl (C=O) groups excluding carboxylic acids is 1. The van der Waals surface area contributed by atoms with Crippen LogP contribution in [0.15, 0.2) is 23.6 Å². The van der Waals surface area contributed by atoms with Crippen molar-refractivity contribution in [3.63, 3.8) is 0 Å². The van der Waals surface area contributed by atoms with Gasteiger partial charge in [0.1, 0.15) is 5.82 Å². The minimum Gasteiger partial charge on any atom is -0.481 e. The summed E-state index contributed by atoms with van der Waals surface area (Å²) in [4.78, 5) is 31.2. The summed E-state index contributed by atoms with van der Waals surface area (Å²) in [6.07, 6.45) is 6.63. The van der Waals surface area contributed by atoms with Crippen LogP contribution in [-0.4, -0.2) is 28.0 Å². The van der Waals surface area contributed by atoms with Crippen LogP contribution in [0.25, 0.3) is 11.3 Å². The molecule has 0 spiro atoms. The molecule has 30 heavy (non-hydrogen) atoms. The van der Waals surface area contributed by atoms with Gasteiger partial charge in [-0.1, -0.05) is 37.3 Å². The van der Waals surface area contributed by atoms with E-state index in [0.717, 1.165) is 38.5 Å². The number of hydrogen-bond donors (Lipinski definition) is 1. The van der Waals surface area contributed by atoms with Crippen LogP contribution in [0.2, 0.25) is 5.02 Å². The Balaban J connectivity index is 1.59. The van der Waals surface area contributed by atoms with Gasteiger partial charge < -0.3 is 5.11 Å². The maximum absolute atomic E-state index is 13.7. The van der Waals surface area contributed by atoms with Crippen LogP contribution < -0.4 is 4.90 Å².